The Hall–Kier alpha value is -1.26. The molecule has 4 nitrogen and oxygen atoms in total. The number of benzene rings is 1. The molecule has 1 aliphatic rings. The lowest BCUT2D eigenvalue weighted by Gasteiger charge is -2.35. The Kier molecular flexibility index (Phi) is 5.26. The molecule has 1 saturated heterocycles. The molecule has 1 N–H and O–H groups in total. The lowest BCUT2D eigenvalue weighted by Crippen LogP contribution is -2.40. The largest absolute Gasteiger partial charge is 0.496 e. The van der Waals surface area contributed by atoms with Gasteiger partial charge in [0.15, 0.2) is 0 Å². The van der Waals surface area contributed by atoms with Crippen LogP contribution in [-0.2, 0) is 11.3 Å². The van der Waals surface area contributed by atoms with Crippen LogP contribution >= 0.6 is 11.6 Å². The number of halogens is 1. The number of carbonyl (C=O) groups is 1. The Balaban J connectivity index is 2.13. The number of hydrogen-bond donors (Lipinski definition) is 1. The SMILES string of the molecule is COc1ccc(Cl)cc1CN1CCCCC1CC(=O)O. The van der Waals surface area contributed by atoms with Crippen LogP contribution in [0.2, 0.25) is 5.02 Å². The molecule has 0 aromatic heterocycles. The highest BCUT2D eigenvalue weighted by Gasteiger charge is 2.25. The molecule has 1 fully saturated rings. The van der Waals surface area contributed by atoms with Crippen molar-refractivity contribution in [3.63, 3.8) is 0 Å². The number of nitrogens with zero attached hydrogens (tertiary/aromatic N) is 1. The Morgan fingerprint density at radius 1 is 1.50 bits per heavy atom. The van der Waals surface area contributed by atoms with E-state index in [0.29, 0.717) is 11.6 Å². The molecule has 1 unspecified atom stereocenters. The molecule has 1 aliphatic heterocycles. The lowest BCUT2D eigenvalue weighted by molar-refractivity contribution is -0.138. The van der Waals surface area contributed by atoms with E-state index in [4.69, 9.17) is 21.4 Å². The molecule has 2 rings (SSSR count). The summed E-state index contributed by atoms with van der Waals surface area (Å²) in [4.78, 5) is 13.2. The van der Waals surface area contributed by atoms with E-state index < -0.39 is 5.97 Å². The molecule has 5 heteroatoms. The second-order valence-corrected chi connectivity index (χ2v) is 5.61. The summed E-state index contributed by atoms with van der Waals surface area (Å²) in [7, 11) is 1.64. The minimum atomic E-state index is -0.736. The smallest absolute Gasteiger partial charge is 0.304 e. The Morgan fingerprint density at radius 2 is 2.30 bits per heavy atom. The van der Waals surface area contributed by atoms with Crippen molar-refractivity contribution in [3.8, 4) is 5.75 Å². The summed E-state index contributed by atoms with van der Waals surface area (Å²) in [5, 5.41) is 9.70. The molecule has 0 spiro atoms. The van der Waals surface area contributed by atoms with Gasteiger partial charge in [-0.15, -0.1) is 0 Å². The van der Waals surface area contributed by atoms with E-state index >= 15 is 0 Å². The van der Waals surface area contributed by atoms with Gasteiger partial charge in [0.05, 0.1) is 13.5 Å². The van der Waals surface area contributed by atoms with E-state index in [1.807, 2.05) is 12.1 Å². The zero-order valence-corrected chi connectivity index (χ0v) is 12.4. The van der Waals surface area contributed by atoms with Crippen LogP contribution in [0.1, 0.15) is 31.2 Å². The fourth-order valence-corrected chi connectivity index (χ4v) is 2.99. The molecule has 0 radical (unpaired) electrons. The van der Waals surface area contributed by atoms with Gasteiger partial charge in [-0.2, -0.15) is 0 Å². The molecule has 0 saturated carbocycles. The van der Waals surface area contributed by atoms with Gasteiger partial charge < -0.3 is 9.84 Å². The highest BCUT2D eigenvalue weighted by molar-refractivity contribution is 6.30. The van der Waals surface area contributed by atoms with Gasteiger partial charge in [0.2, 0.25) is 0 Å². The minimum absolute atomic E-state index is 0.102. The first-order valence-corrected chi connectivity index (χ1v) is 7.26. The van der Waals surface area contributed by atoms with Crippen LogP contribution in [0.25, 0.3) is 0 Å². The molecule has 110 valence electrons. The first-order chi connectivity index (χ1) is 9.60. The zero-order valence-electron chi connectivity index (χ0n) is 11.6. The van der Waals surface area contributed by atoms with Crippen molar-refractivity contribution in [2.45, 2.75) is 38.3 Å². The number of likely N-dealkylation sites (tertiary alicyclic amines) is 1. The van der Waals surface area contributed by atoms with E-state index in [0.717, 1.165) is 37.1 Å². The van der Waals surface area contributed by atoms with E-state index in [1.54, 1.807) is 13.2 Å². The number of hydrogen-bond acceptors (Lipinski definition) is 3. The fraction of sp³-hybridized carbons (Fsp3) is 0.533. The maximum Gasteiger partial charge on any atom is 0.304 e. The topological polar surface area (TPSA) is 49.8 Å². The Morgan fingerprint density at radius 3 is 3.00 bits per heavy atom. The van der Waals surface area contributed by atoms with Gasteiger partial charge in [0.25, 0.3) is 0 Å². The molecule has 1 aromatic carbocycles. The highest BCUT2D eigenvalue weighted by Crippen LogP contribution is 2.28. The average molecular weight is 298 g/mol. The maximum atomic E-state index is 11.0. The van der Waals surface area contributed by atoms with Gasteiger partial charge in [0, 0.05) is 23.2 Å². The molecule has 1 aromatic rings. The minimum Gasteiger partial charge on any atom is -0.496 e. The monoisotopic (exact) mass is 297 g/mol. The van der Waals surface area contributed by atoms with Crippen molar-refractivity contribution in [2.24, 2.45) is 0 Å². The summed E-state index contributed by atoms with van der Waals surface area (Å²) in [6, 6.07) is 5.65. The van der Waals surface area contributed by atoms with Crippen molar-refractivity contribution in [1.82, 2.24) is 4.90 Å². The van der Waals surface area contributed by atoms with Crippen LogP contribution in [0.4, 0.5) is 0 Å². The third-order valence-corrected chi connectivity index (χ3v) is 4.01. The normalized spacial score (nSPS) is 19.8. The number of rotatable bonds is 5. The molecule has 0 aliphatic carbocycles. The summed E-state index contributed by atoms with van der Waals surface area (Å²) >= 11 is 6.04. The standard InChI is InChI=1S/C15H20ClNO3/c1-20-14-6-5-12(16)8-11(14)10-17-7-3-2-4-13(17)9-15(18)19/h5-6,8,13H,2-4,7,9-10H2,1H3,(H,18,19). The highest BCUT2D eigenvalue weighted by atomic mass is 35.5. The van der Waals surface area contributed by atoms with Crippen LogP contribution in [0.3, 0.4) is 0 Å². The predicted molar refractivity (Wildman–Crippen MR) is 78.3 cm³/mol. The van der Waals surface area contributed by atoms with Gasteiger partial charge in [-0.05, 0) is 37.6 Å². The summed E-state index contributed by atoms with van der Waals surface area (Å²) in [5.41, 5.74) is 1.01. The van der Waals surface area contributed by atoms with Gasteiger partial charge in [-0.1, -0.05) is 18.0 Å². The summed E-state index contributed by atoms with van der Waals surface area (Å²) in [5.74, 6) is 0.0639. The molecule has 20 heavy (non-hydrogen) atoms. The number of aliphatic carboxylic acids is 1. The Bertz CT molecular complexity index is 478. The van der Waals surface area contributed by atoms with Gasteiger partial charge >= 0.3 is 5.97 Å². The van der Waals surface area contributed by atoms with E-state index in [2.05, 4.69) is 4.90 Å². The molecule has 0 bridgehead atoms. The third kappa shape index (κ3) is 3.87. The second kappa shape index (κ2) is 6.95. The van der Waals surface area contributed by atoms with Gasteiger partial charge in [0.1, 0.15) is 5.75 Å². The summed E-state index contributed by atoms with van der Waals surface area (Å²) < 4.78 is 5.36. The third-order valence-electron chi connectivity index (χ3n) is 3.78. The molecular weight excluding hydrogens is 278 g/mol. The van der Waals surface area contributed by atoms with Crippen molar-refractivity contribution in [1.29, 1.82) is 0 Å². The van der Waals surface area contributed by atoms with E-state index in [1.165, 1.54) is 0 Å². The van der Waals surface area contributed by atoms with Crippen LogP contribution in [-0.4, -0.2) is 35.7 Å². The van der Waals surface area contributed by atoms with Crippen molar-refractivity contribution < 1.29 is 14.6 Å². The quantitative estimate of drug-likeness (QED) is 0.907. The van der Waals surface area contributed by atoms with Crippen LogP contribution < -0.4 is 4.74 Å². The van der Waals surface area contributed by atoms with E-state index in [-0.39, 0.29) is 12.5 Å². The first kappa shape index (κ1) is 15.1. The second-order valence-electron chi connectivity index (χ2n) is 5.17. The van der Waals surface area contributed by atoms with Crippen LogP contribution in [0.5, 0.6) is 5.75 Å². The number of carboxylic acids is 1. The van der Waals surface area contributed by atoms with Gasteiger partial charge in [-0.25, -0.2) is 0 Å². The molecule has 1 atom stereocenters. The van der Waals surface area contributed by atoms with Crippen molar-refractivity contribution in [2.75, 3.05) is 13.7 Å². The van der Waals surface area contributed by atoms with Crippen LogP contribution in [0, 0.1) is 0 Å². The number of carboxylic acid groups (broad SMARTS) is 1. The van der Waals surface area contributed by atoms with Crippen molar-refractivity contribution in [3.05, 3.63) is 28.8 Å². The van der Waals surface area contributed by atoms with E-state index in [9.17, 15) is 4.79 Å². The predicted octanol–water partition coefficient (Wildman–Crippen LogP) is 3.18. The average Bonchev–Trinajstić information content (AvgIpc) is 2.41. The summed E-state index contributed by atoms with van der Waals surface area (Å²) in [6.07, 6.45) is 3.35. The number of ether oxygens (including phenoxy) is 1. The summed E-state index contributed by atoms with van der Waals surface area (Å²) in [6.45, 7) is 1.61. The number of methoxy groups -OCH3 is 1. The fourth-order valence-electron chi connectivity index (χ4n) is 2.79. The van der Waals surface area contributed by atoms with Crippen LogP contribution in [0.15, 0.2) is 18.2 Å². The number of piperidine rings is 1. The molecule has 1 heterocycles. The maximum absolute atomic E-state index is 11.0. The molecular formula is C15H20ClNO3. The van der Waals surface area contributed by atoms with Gasteiger partial charge in [-0.3, -0.25) is 9.69 Å². The first-order valence-electron chi connectivity index (χ1n) is 6.88. The molecule has 0 amide bonds. The van der Waals surface area contributed by atoms with Crippen molar-refractivity contribution >= 4 is 17.6 Å². The zero-order chi connectivity index (χ0) is 14.5. The lowest BCUT2D eigenvalue weighted by atomic mass is 9.98. The Labute approximate surface area is 124 Å².